The number of methoxy groups -OCH3 is 1. The molecule has 0 saturated heterocycles. The Balaban J connectivity index is 2.72. The van der Waals surface area contributed by atoms with E-state index >= 15 is 0 Å². The highest BCUT2D eigenvalue weighted by atomic mass is 32.1. The Kier molecular flexibility index (Phi) is 3.65. The minimum Gasteiger partial charge on any atom is -0.390 e. The smallest absolute Gasteiger partial charge is 0.122 e. The molecule has 1 unspecified atom stereocenters. The number of ether oxygens (including phenoxy) is 1. The minimum absolute atomic E-state index is 0.0106. The molecule has 0 spiro atoms. The zero-order chi connectivity index (χ0) is 8.97. The second-order valence-corrected chi connectivity index (χ2v) is 3.36. The third-order valence-electron chi connectivity index (χ3n) is 1.66. The summed E-state index contributed by atoms with van der Waals surface area (Å²) in [5, 5.41) is 11.6. The van der Waals surface area contributed by atoms with Gasteiger partial charge in [0.25, 0.3) is 0 Å². The molecule has 0 aromatic carbocycles. The largest absolute Gasteiger partial charge is 0.390 e. The monoisotopic (exact) mass is 187 g/mol. The number of nitrogens with zero attached hydrogens (tertiary/aromatic N) is 1. The second-order valence-electron chi connectivity index (χ2n) is 2.47. The number of aliphatic hydroxyl groups excluding tert-OH is 1. The predicted octanol–water partition coefficient (Wildman–Crippen LogP) is 1.73. The number of hydrogen-bond acceptors (Lipinski definition) is 4. The molecule has 0 radical (unpaired) electrons. The summed E-state index contributed by atoms with van der Waals surface area (Å²) in [4.78, 5) is 4.21. The average Bonchev–Trinajstić information content (AvgIpc) is 2.55. The molecule has 1 aromatic heterocycles. The van der Waals surface area contributed by atoms with E-state index in [1.807, 2.05) is 12.3 Å². The maximum atomic E-state index is 8.78. The lowest BCUT2D eigenvalue weighted by atomic mass is 10.3. The molecular formula is C8H13NO2S. The fourth-order valence-electron chi connectivity index (χ4n) is 0.985. The van der Waals surface area contributed by atoms with E-state index in [0.29, 0.717) is 0 Å². The van der Waals surface area contributed by atoms with Crippen molar-refractivity contribution in [1.29, 1.82) is 0 Å². The quantitative estimate of drug-likeness (QED) is 0.780. The summed E-state index contributed by atoms with van der Waals surface area (Å²) in [6.07, 6.45) is 0.991. The van der Waals surface area contributed by atoms with E-state index in [2.05, 4.69) is 4.98 Å². The lowest BCUT2D eigenvalue weighted by Gasteiger charge is -2.08. The number of rotatable bonds is 4. The van der Waals surface area contributed by atoms with Gasteiger partial charge in [-0.1, -0.05) is 6.92 Å². The van der Waals surface area contributed by atoms with Crippen LogP contribution in [0.25, 0.3) is 0 Å². The molecule has 0 aliphatic carbocycles. The van der Waals surface area contributed by atoms with Crippen LogP contribution in [0, 0.1) is 0 Å². The SMILES string of the molecule is CCC(OC)c1nc(CO)cs1. The first kappa shape index (κ1) is 9.64. The minimum atomic E-state index is 0.0106. The standard InChI is InChI=1S/C8H13NO2S/c1-3-7(11-2)8-9-6(4-10)5-12-8/h5,7,10H,3-4H2,1-2H3. The molecule has 0 aliphatic rings. The van der Waals surface area contributed by atoms with Gasteiger partial charge in [0.2, 0.25) is 0 Å². The fourth-order valence-corrected chi connectivity index (χ4v) is 1.95. The van der Waals surface area contributed by atoms with Crippen LogP contribution in [-0.2, 0) is 11.3 Å². The van der Waals surface area contributed by atoms with E-state index in [1.54, 1.807) is 7.11 Å². The molecule has 0 fully saturated rings. The van der Waals surface area contributed by atoms with Gasteiger partial charge < -0.3 is 9.84 Å². The first-order valence-corrected chi connectivity index (χ1v) is 4.77. The van der Waals surface area contributed by atoms with E-state index in [4.69, 9.17) is 9.84 Å². The summed E-state index contributed by atoms with van der Waals surface area (Å²) in [5.41, 5.74) is 0.727. The Labute approximate surface area is 76.0 Å². The van der Waals surface area contributed by atoms with Crippen molar-refractivity contribution in [3.8, 4) is 0 Å². The van der Waals surface area contributed by atoms with Gasteiger partial charge in [-0.3, -0.25) is 0 Å². The van der Waals surface area contributed by atoms with Crippen molar-refractivity contribution in [3.05, 3.63) is 16.1 Å². The molecular weight excluding hydrogens is 174 g/mol. The van der Waals surface area contributed by atoms with Crippen molar-refractivity contribution in [1.82, 2.24) is 4.98 Å². The highest BCUT2D eigenvalue weighted by molar-refractivity contribution is 7.09. The Bertz CT molecular complexity index is 233. The van der Waals surface area contributed by atoms with Crippen LogP contribution >= 0.6 is 11.3 Å². The summed E-state index contributed by atoms with van der Waals surface area (Å²) >= 11 is 1.54. The van der Waals surface area contributed by atoms with Crippen molar-refractivity contribution >= 4 is 11.3 Å². The Morgan fingerprint density at radius 3 is 2.92 bits per heavy atom. The van der Waals surface area contributed by atoms with Crippen molar-refractivity contribution in [2.45, 2.75) is 26.1 Å². The first-order chi connectivity index (χ1) is 5.81. The van der Waals surface area contributed by atoms with Crippen LogP contribution in [-0.4, -0.2) is 17.2 Å². The lowest BCUT2D eigenvalue weighted by Crippen LogP contribution is -1.99. The maximum absolute atomic E-state index is 8.78. The molecule has 1 rings (SSSR count). The normalized spacial score (nSPS) is 13.2. The summed E-state index contributed by atoms with van der Waals surface area (Å²) in [5.74, 6) is 0. The number of aliphatic hydroxyl groups is 1. The molecule has 12 heavy (non-hydrogen) atoms. The zero-order valence-electron chi connectivity index (χ0n) is 7.28. The van der Waals surface area contributed by atoms with Gasteiger partial charge in [0.1, 0.15) is 11.1 Å². The topological polar surface area (TPSA) is 42.4 Å². The fraction of sp³-hybridized carbons (Fsp3) is 0.625. The van der Waals surface area contributed by atoms with Crippen molar-refractivity contribution in [2.75, 3.05) is 7.11 Å². The molecule has 1 heterocycles. The Morgan fingerprint density at radius 2 is 2.50 bits per heavy atom. The van der Waals surface area contributed by atoms with Gasteiger partial charge in [-0.25, -0.2) is 4.98 Å². The van der Waals surface area contributed by atoms with Crippen LogP contribution in [0.1, 0.15) is 30.2 Å². The van der Waals surface area contributed by atoms with Gasteiger partial charge >= 0.3 is 0 Å². The molecule has 3 nitrogen and oxygen atoms in total. The van der Waals surface area contributed by atoms with Crippen molar-refractivity contribution in [2.24, 2.45) is 0 Å². The molecule has 1 N–H and O–H groups in total. The molecule has 1 aromatic rings. The van der Waals surface area contributed by atoms with Gasteiger partial charge in [0.15, 0.2) is 0 Å². The number of hydrogen-bond donors (Lipinski definition) is 1. The van der Waals surface area contributed by atoms with Crippen molar-refractivity contribution in [3.63, 3.8) is 0 Å². The third-order valence-corrected chi connectivity index (χ3v) is 2.65. The summed E-state index contributed by atoms with van der Waals surface area (Å²) < 4.78 is 5.21. The summed E-state index contributed by atoms with van der Waals surface area (Å²) in [7, 11) is 1.67. The van der Waals surface area contributed by atoms with Crippen LogP contribution in [0.3, 0.4) is 0 Å². The molecule has 4 heteroatoms. The maximum Gasteiger partial charge on any atom is 0.122 e. The lowest BCUT2D eigenvalue weighted by molar-refractivity contribution is 0.0994. The molecule has 68 valence electrons. The molecule has 0 bridgehead atoms. The summed E-state index contributed by atoms with van der Waals surface area (Å²) in [6.45, 7) is 2.06. The van der Waals surface area contributed by atoms with Crippen LogP contribution in [0.2, 0.25) is 0 Å². The average molecular weight is 187 g/mol. The van der Waals surface area contributed by atoms with Crippen LogP contribution in [0.4, 0.5) is 0 Å². The first-order valence-electron chi connectivity index (χ1n) is 3.89. The van der Waals surface area contributed by atoms with Gasteiger partial charge in [-0.15, -0.1) is 11.3 Å². The van der Waals surface area contributed by atoms with Crippen LogP contribution < -0.4 is 0 Å². The predicted molar refractivity (Wildman–Crippen MR) is 48.1 cm³/mol. The van der Waals surface area contributed by atoms with Gasteiger partial charge in [0, 0.05) is 12.5 Å². The van der Waals surface area contributed by atoms with Crippen molar-refractivity contribution < 1.29 is 9.84 Å². The highest BCUT2D eigenvalue weighted by Gasteiger charge is 2.11. The van der Waals surface area contributed by atoms with Gasteiger partial charge in [0.05, 0.1) is 12.3 Å². The van der Waals surface area contributed by atoms with Crippen LogP contribution in [0.15, 0.2) is 5.38 Å². The van der Waals surface area contributed by atoms with E-state index in [9.17, 15) is 0 Å². The van der Waals surface area contributed by atoms with E-state index in [-0.39, 0.29) is 12.7 Å². The van der Waals surface area contributed by atoms with E-state index in [1.165, 1.54) is 11.3 Å². The molecule has 1 atom stereocenters. The molecule has 0 saturated carbocycles. The van der Waals surface area contributed by atoms with Gasteiger partial charge in [-0.2, -0.15) is 0 Å². The number of aromatic nitrogens is 1. The summed E-state index contributed by atoms with van der Waals surface area (Å²) in [6, 6.07) is 0. The zero-order valence-corrected chi connectivity index (χ0v) is 8.10. The Morgan fingerprint density at radius 1 is 1.75 bits per heavy atom. The third kappa shape index (κ3) is 2.03. The molecule has 0 aliphatic heterocycles. The van der Waals surface area contributed by atoms with E-state index in [0.717, 1.165) is 17.1 Å². The van der Waals surface area contributed by atoms with Gasteiger partial charge in [-0.05, 0) is 6.42 Å². The Hall–Kier alpha value is -0.450. The molecule has 0 amide bonds. The highest BCUT2D eigenvalue weighted by Crippen LogP contribution is 2.23. The van der Waals surface area contributed by atoms with Crippen LogP contribution in [0.5, 0.6) is 0 Å². The second kappa shape index (κ2) is 4.54. The van der Waals surface area contributed by atoms with E-state index < -0.39 is 0 Å². The number of thiazole rings is 1.